The summed E-state index contributed by atoms with van der Waals surface area (Å²) in [5.74, 6) is -0.257. The molecule has 1 fully saturated rings. The molecule has 1 aliphatic rings. The molecule has 1 unspecified atom stereocenters. The van der Waals surface area contributed by atoms with Crippen molar-refractivity contribution in [3.63, 3.8) is 0 Å². The van der Waals surface area contributed by atoms with Gasteiger partial charge >= 0.3 is 5.97 Å². The predicted molar refractivity (Wildman–Crippen MR) is 54.0 cm³/mol. The molecule has 0 aromatic carbocycles. The van der Waals surface area contributed by atoms with Crippen LogP contribution in [0.25, 0.3) is 0 Å². The summed E-state index contributed by atoms with van der Waals surface area (Å²) in [6.07, 6.45) is 1.77. The van der Waals surface area contributed by atoms with Crippen LogP contribution in [0.4, 0.5) is 5.82 Å². The number of hydrogen-bond donors (Lipinski definition) is 2. The van der Waals surface area contributed by atoms with Gasteiger partial charge in [-0.15, -0.1) is 0 Å². The van der Waals surface area contributed by atoms with Crippen molar-refractivity contribution in [1.82, 2.24) is 4.98 Å². The van der Waals surface area contributed by atoms with Crippen LogP contribution in [-0.4, -0.2) is 40.4 Å². The van der Waals surface area contributed by atoms with E-state index in [0.717, 1.165) is 18.8 Å². The van der Waals surface area contributed by atoms with Crippen LogP contribution in [0.2, 0.25) is 0 Å². The Morgan fingerprint density at radius 3 is 2.80 bits per heavy atom. The van der Waals surface area contributed by atoms with E-state index in [0.29, 0.717) is 6.54 Å². The Balaban J connectivity index is 2.13. The largest absolute Gasteiger partial charge is 0.478 e. The highest BCUT2D eigenvalue weighted by atomic mass is 16.4. The van der Waals surface area contributed by atoms with E-state index in [-0.39, 0.29) is 11.7 Å². The SMILES string of the molecule is O=C(O)c1ccc(N2CCC(O)C2)nc1. The second kappa shape index (κ2) is 3.86. The minimum absolute atomic E-state index is 0.179. The number of rotatable bonds is 2. The number of aromatic nitrogens is 1. The van der Waals surface area contributed by atoms with Gasteiger partial charge in [-0.3, -0.25) is 0 Å². The first-order chi connectivity index (χ1) is 7.16. The second-order valence-corrected chi connectivity index (χ2v) is 3.60. The molecule has 1 aliphatic heterocycles. The van der Waals surface area contributed by atoms with E-state index in [1.807, 2.05) is 4.90 Å². The first-order valence-electron chi connectivity index (χ1n) is 4.79. The third kappa shape index (κ3) is 2.07. The zero-order chi connectivity index (χ0) is 10.8. The van der Waals surface area contributed by atoms with Crippen LogP contribution in [0.3, 0.4) is 0 Å². The van der Waals surface area contributed by atoms with E-state index in [2.05, 4.69) is 4.98 Å². The van der Waals surface area contributed by atoms with E-state index in [1.54, 1.807) is 6.07 Å². The monoisotopic (exact) mass is 208 g/mol. The fraction of sp³-hybridized carbons (Fsp3) is 0.400. The quantitative estimate of drug-likeness (QED) is 0.733. The highest BCUT2D eigenvalue weighted by Gasteiger charge is 2.21. The number of pyridine rings is 1. The summed E-state index contributed by atoms with van der Waals surface area (Å²) in [4.78, 5) is 16.6. The van der Waals surface area contributed by atoms with Crippen LogP contribution in [-0.2, 0) is 0 Å². The minimum atomic E-state index is -0.976. The lowest BCUT2D eigenvalue weighted by atomic mass is 10.3. The van der Waals surface area contributed by atoms with Gasteiger partial charge in [0.25, 0.3) is 0 Å². The van der Waals surface area contributed by atoms with Crippen LogP contribution in [0.5, 0.6) is 0 Å². The molecule has 1 aromatic rings. The maximum Gasteiger partial charge on any atom is 0.337 e. The zero-order valence-corrected chi connectivity index (χ0v) is 8.13. The lowest BCUT2D eigenvalue weighted by molar-refractivity contribution is 0.0696. The lowest BCUT2D eigenvalue weighted by Crippen LogP contribution is -2.22. The van der Waals surface area contributed by atoms with E-state index >= 15 is 0 Å². The maximum absolute atomic E-state index is 10.6. The number of carboxylic acids is 1. The highest BCUT2D eigenvalue weighted by Crippen LogP contribution is 2.17. The number of β-amino-alcohol motifs (C(OH)–C–C–N with tert-alkyl or cyclic N) is 1. The molecule has 0 radical (unpaired) electrons. The second-order valence-electron chi connectivity index (χ2n) is 3.60. The number of carboxylic acid groups (broad SMARTS) is 1. The number of hydrogen-bond acceptors (Lipinski definition) is 4. The number of nitrogens with zero attached hydrogens (tertiary/aromatic N) is 2. The van der Waals surface area contributed by atoms with Crippen LogP contribution < -0.4 is 4.90 Å². The molecule has 0 saturated carbocycles. The van der Waals surface area contributed by atoms with Gasteiger partial charge in [0.2, 0.25) is 0 Å². The Kier molecular flexibility index (Phi) is 2.55. The first-order valence-corrected chi connectivity index (χ1v) is 4.79. The van der Waals surface area contributed by atoms with Gasteiger partial charge in [0.05, 0.1) is 11.7 Å². The van der Waals surface area contributed by atoms with E-state index in [4.69, 9.17) is 5.11 Å². The van der Waals surface area contributed by atoms with Crippen molar-refractivity contribution in [1.29, 1.82) is 0 Å². The Labute approximate surface area is 87.0 Å². The fourth-order valence-corrected chi connectivity index (χ4v) is 1.65. The third-order valence-corrected chi connectivity index (χ3v) is 2.48. The van der Waals surface area contributed by atoms with Gasteiger partial charge in [0.15, 0.2) is 0 Å². The fourth-order valence-electron chi connectivity index (χ4n) is 1.65. The van der Waals surface area contributed by atoms with Gasteiger partial charge in [-0.25, -0.2) is 9.78 Å². The maximum atomic E-state index is 10.6. The molecule has 15 heavy (non-hydrogen) atoms. The van der Waals surface area contributed by atoms with Gasteiger partial charge in [-0.2, -0.15) is 0 Å². The molecule has 0 bridgehead atoms. The Bertz CT molecular complexity index is 363. The van der Waals surface area contributed by atoms with Crippen molar-refractivity contribution in [3.8, 4) is 0 Å². The summed E-state index contributed by atoms with van der Waals surface area (Å²) in [7, 11) is 0. The van der Waals surface area contributed by atoms with Gasteiger partial charge in [0.1, 0.15) is 5.82 Å². The van der Waals surface area contributed by atoms with Crippen molar-refractivity contribution in [2.45, 2.75) is 12.5 Å². The smallest absolute Gasteiger partial charge is 0.337 e. The minimum Gasteiger partial charge on any atom is -0.478 e. The van der Waals surface area contributed by atoms with Crippen molar-refractivity contribution in [2.24, 2.45) is 0 Å². The molecule has 2 heterocycles. The normalized spacial score (nSPS) is 20.6. The molecule has 1 aromatic heterocycles. The van der Waals surface area contributed by atoms with E-state index in [9.17, 15) is 9.90 Å². The Morgan fingerprint density at radius 2 is 2.33 bits per heavy atom. The van der Waals surface area contributed by atoms with Gasteiger partial charge in [-0.1, -0.05) is 0 Å². The van der Waals surface area contributed by atoms with Crippen LogP contribution in [0, 0.1) is 0 Å². The molecular formula is C10H12N2O3. The lowest BCUT2D eigenvalue weighted by Gasteiger charge is -2.15. The summed E-state index contributed by atoms with van der Waals surface area (Å²) in [5, 5.41) is 18.0. The standard InChI is InChI=1S/C10H12N2O3/c13-8-3-4-12(6-8)9-2-1-7(5-11-9)10(14)15/h1-2,5,8,13H,3-4,6H2,(H,14,15). The highest BCUT2D eigenvalue weighted by molar-refractivity contribution is 5.87. The van der Waals surface area contributed by atoms with E-state index < -0.39 is 5.97 Å². The van der Waals surface area contributed by atoms with Crippen LogP contribution in [0.15, 0.2) is 18.3 Å². The zero-order valence-electron chi connectivity index (χ0n) is 8.13. The Hall–Kier alpha value is -1.62. The molecule has 1 atom stereocenters. The summed E-state index contributed by atoms with van der Waals surface area (Å²) < 4.78 is 0. The van der Waals surface area contributed by atoms with Crippen molar-refractivity contribution in [2.75, 3.05) is 18.0 Å². The number of aliphatic hydroxyl groups excluding tert-OH is 1. The summed E-state index contributed by atoms with van der Waals surface area (Å²) in [6.45, 7) is 1.33. The third-order valence-electron chi connectivity index (χ3n) is 2.48. The molecule has 80 valence electrons. The van der Waals surface area contributed by atoms with Gasteiger partial charge in [-0.05, 0) is 18.6 Å². The van der Waals surface area contributed by atoms with Crippen molar-refractivity contribution >= 4 is 11.8 Å². The molecule has 5 heteroatoms. The molecular weight excluding hydrogens is 196 g/mol. The summed E-state index contributed by atoms with van der Waals surface area (Å²) in [5.41, 5.74) is 0.179. The molecule has 2 rings (SSSR count). The predicted octanol–water partition coefficient (Wildman–Crippen LogP) is 0.351. The molecule has 2 N–H and O–H groups in total. The van der Waals surface area contributed by atoms with Crippen molar-refractivity contribution < 1.29 is 15.0 Å². The number of aliphatic hydroxyl groups is 1. The topological polar surface area (TPSA) is 73.7 Å². The molecule has 0 amide bonds. The molecule has 0 aliphatic carbocycles. The van der Waals surface area contributed by atoms with Crippen molar-refractivity contribution in [3.05, 3.63) is 23.9 Å². The summed E-state index contributed by atoms with van der Waals surface area (Å²) in [6, 6.07) is 3.19. The average molecular weight is 208 g/mol. The Morgan fingerprint density at radius 1 is 1.53 bits per heavy atom. The average Bonchev–Trinajstić information content (AvgIpc) is 2.65. The molecule has 5 nitrogen and oxygen atoms in total. The summed E-state index contributed by atoms with van der Waals surface area (Å²) >= 11 is 0. The molecule has 0 spiro atoms. The van der Waals surface area contributed by atoms with E-state index in [1.165, 1.54) is 12.3 Å². The number of aromatic carboxylic acids is 1. The first kappa shape index (κ1) is 9.92. The number of carbonyl (C=O) groups is 1. The van der Waals surface area contributed by atoms with Gasteiger partial charge < -0.3 is 15.1 Å². The van der Waals surface area contributed by atoms with Crippen LogP contribution in [0.1, 0.15) is 16.8 Å². The number of anilines is 1. The van der Waals surface area contributed by atoms with Crippen LogP contribution >= 0.6 is 0 Å². The van der Waals surface area contributed by atoms with Gasteiger partial charge in [0, 0.05) is 19.3 Å². The molecule has 1 saturated heterocycles.